The van der Waals surface area contributed by atoms with Gasteiger partial charge >= 0.3 is 0 Å². The SMILES string of the molecule is N#Cc1cc(F)cc(C#Cc2ccc(CN)cc2)c1. The summed E-state index contributed by atoms with van der Waals surface area (Å²) >= 11 is 0. The van der Waals surface area contributed by atoms with E-state index in [9.17, 15) is 4.39 Å². The summed E-state index contributed by atoms with van der Waals surface area (Å²) in [5, 5.41) is 8.75. The molecule has 0 saturated carbocycles. The van der Waals surface area contributed by atoms with Crippen molar-refractivity contribution in [1.82, 2.24) is 0 Å². The summed E-state index contributed by atoms with van der Waals surface area (Å²) in [5.41, 5.74) is 8.11. The quantitative estimate of drug-likeness (QED) is 0.791. The van der Waals surface area contributed by atoms with E-state index >= 15 is 0 Å². The van der Waals surface area contributed by atoms with Gasteiger partial charge in [-0.05, 0) is 35.9 Å². The van der Waals surface area contributed by atoms with Crippen molar-refractivity contribution in [3.05, 3.63) is 70.5 Å². The highest BCUT2D eigenvalue weighted by Crippen LogP contribution is 2.08. The van der Waals surface area contributed by atoms with Gasteiger partial charge in [0.25, 0.3) is 0 Å². The first-order valence-corrected chi connectivity index (χ1v) is 5.73. The molecule has 0 aliphatic rings. The van der Waals surface area contributed by atoms with Crippen LogP contribution in [0.4, 0.5) is 4.39 Å². The van der Waals surface area contributed by atoms with E-state index in [1.807, 2.05) is 30.3 Å². The standard InChI is InChI=1S/C16H11FN2/c17-16-8-14(7-15(9-16)11-19)6-3-12-1-4-13(10-18)5-2-12/h1-2,4-5,7-9H,10,18H2. The molecule has 2 aromatic rings. The van der Waals surface area contributed by atoms with Crippen LogP contribution in [0.15, 0.2) is 42.5 Å². The lowest BCUT2D eigenvalue weighted by molar-refractivity contribution is 0.627. The van der Waals surface area contributed by atoms with Gasteiger partial charge < -0.3 is 5.73 Å². The lowest BCUT2D eigenvalue weighted by atomic mass is 10.1. The lowest BCUT2D eigenvalue weighted by Gasteiger charge is -1.96. The van der Waals surface area contributed by atoms with Gasteiger partial charge in [-0.3, -0.25) is 0 Å². The summed E-state index contributed by atoms with van der Waals surface area (Å²) in [6.07, 6.45) is 0. The van der Waals surface area contributed by atoms with Crippen LogP contribution in [0.25, 0.3) is 0 Å². The molecule has 0 heterocycles. The average Bonchev–Trinajstić information content (AvgIpc) is 2.45. The van der Waals surface area contributed by atoms with Crippen molar-refractivity contribution in [3.63, 3.8) is 0 Å². The Labute approximate surface area is 111 Å². The molecule has 92 valence electrons. The molecule has 0 aliphatic heterocycles. The van der Waals surface area contributed by atoms with E-state index in [1.54, 1.807) is 6.07 Å². The maximum Gasteiger partial charge on any atom is 0.125 e. The van der Waals surface area contributed by atoms with Crippen molar-refractivity contribution in [1.29, 1.82) is 5.26 Å². The molecule has 2 aromatic carbocycles. The van der Waals surface area contributed by atoms with Gasteiger partial charge in [-0.15, -0.1) is 0 Å². The number of halogens is 1. The van der Waals surface area contributed by atoms with Crippen molar-refractivity contribution in [2.45, 2.75) is 6.54 Å². The number of nitriles is 1. The van der Waals surface area contributed by atoms with Crippen molar-refractivity contribution in [2.75, 3.05) is 0 Å². The maximum atomic E-state index is 13.2. The summed E-state index contributed by atoms with van der Waals surface area (Å²) in [6.45, 7) is 0.489. The maximum absolute atomic E-state index is 13.2. The number of benzene rings is 2. The highest BCUT2D eigenvalue weighted by atomic mass is 19.1. The third-order valence-electron chi connectivity index (χ3n) is 2.57. The minimum Gasteiger partial charge on any atom is -0.326 e. The number of hydrogen-bond donors (Lipinski definition) is 1. The molecule has 2 nitrogen and oxygen atoms in total. The molecule has 0 radical (unpaired) electrons. The molecule has 2 N–H and O–H groups in total. The Morgan fingerprint density at radius 1 is 0.947 bits per heavy atom. The van der Waals surface area contributed by atoms with E-state index < -0.39 is 5.82 Å². The average molecular weight is 250 g/mol. The van der Waals surface area contributed by atoms with Gasteiger partial charge in [0.2, 0.25) is 0 Å². The predicted molar refractivity (Wildman–Crippen MR) is 71.4 cm³/mol. The third kappa shape index (κ3) is 3.42. The molecule has 0 atom stereocenters. The number of nitrogens with two attached hydrogens (primary N) is 1. The second-order valence-corrected chi connectivity index (χ2v) is 3.99. The first kappa shape index (κ1) is 12.8. The van der Waals surface area contributed by atoms with Crippen LogP contribution < -0.4 is 5.73 Å². The Morgan fingerprint density at radius 3 is 2.21 bits per heavy atom. The number of hydrogen-bond acceptors (Lipinski definition) is 2. The van der Waals surface area contributed by atoms with Crippen molar-refractivity contribution in [3.8, 4) is 17.9 Å². The molecule has 0 bridgehead atoms. The van der Waals surface area contributed by atoms with Gasteiger partial charge in [0.05, 0.1) is 11.6 Å². The molecule has 0 saturated heterocycles. The van der Waals surface area contributed by atoms with Crippen LogP contribution in [0.1, 0.15) is 22.3 Å². The van der Waals surface area contributed by atoms with Gasteiger partial charge in [0.1, 0.15) is 5.82 Å². The number of nitrogens with zero attached hydrogens (tertiary/aromatic N) is 1. The first-order valence-electron chi connectivity index (χ1n) is 5.73. The zero-order valence-electron chi connectivity index (χ0n) is 10.2. The van der Waals surface area contributed by atoms with Crippen molar-refractivity contribution in [2.24, 2.45) is 5.73 Å². The molecular weight excluding hydrogens is 239 g/mol. The number of rotatable bonds is 1. The fourth-order valence-corrected chi connectivity index (χ4v) is 1.59. The smallest absolute Gasteiger partial charge is 0.125 e. The van der Waals surface area contributed by atoms with E-state index in [-0.39, 0.29) is 5.56 Å². The minimum atomic E-state index is -0.457. The zero-order valence-corrected chi connectivity index (χ0v) is 10.2. The second-order valence-electron chi connectivity index (χ2n) is 3.99. The summed E-state index contributed by atoms with van der Waals surface area (Å²) in [6, 6.07) is 13.5. The first-order chi connectivity index (χ1) is 9.21. The van der Waals surface area contributed by atoms with Crippen LogP contribution in [0.2, 0.25) is 0 Å². The van der Waals surface area contributed by atoms with Gasteiger partial charge in [-0.2, -0.15) is 5.26 Å². The largest absolute Gasteiger partial charge is 0.326 e. The molecule has 19 heavy (non-hydrogen) atoms. The Kier molecular flexibility index (Phi) is 3.93. The van der Waals surface area contributed by atoms with Crippen LogP contribution in [-0.2, 0) is 6.54 Å². The molecule has 0 aliphatic carbocycles. The highest BCUT2D eigenvalue weighted by Gasteiger charge is 1.97. The molecule has 0 fully saturated rings. The van der Waals surface area contributed by atoms with Crippen LogP contribution in [0.5, 0.6) is 0 Å². The zero-order chi connectivity index (χ0) is 13.7. The van der Waals surface area contributed by atoms with Gasteiger partial charge in [-0.25, -0.2) is 4.39 Å². The minimum absolute atomic E-state index is 0.266. The van der Waals surface area contributed by atoms with Crippen LogP contribution in [0, 0.1) is 29.0 Å². The van der Waals surface area contributed by atoms with Gasteiger partial charge in [0, 0.05) is 17.7 Å². The topological polar surface area (TPSA) is 49.8 Å². The van der Waals surface area contributed by atoms with E-state index in [4.69, 9.17) is 11.0 Å². The van der Waals surface area contributed by atoms with Gasteiger partial charge in [-0.1, -0.05) is 24.0 Å². The van der Waals surface area contributed by atoms with Crippen LogP contribution in [-0.4, -0.2) is 0 Å². The molecule has 3 heteroatoms. The Hall–Kier alpha value is -2.62. The van der Waals surface area contributed by atoms with E-state index in [0.29, 0.717) is 12.1 Å². The summed E-state index contributed by atoms with van der Waals surface area (Å²) in [4.78, 5) is 0. The molecule has 0 spiro atoms. The lowest BCUT2D eigenvalue weighted by Crippen LogP contribution is -1.95. The van der Waals surface area contributed by atoms with Gasteiger partial charge in [0.15, 0.2) is 0 Å². The highest BCUT2D eigenvalue weighted by molar-refractivity contribution is 5.46. The predicted octanol–water partition coefficient (Wildman–Crippen LogP) is 2.56. The van der Waals surface area contributed by atoms with E-state index in [1.165, 1.54) is 12.1 Å². The molecular formula is C16H11FN2. The Morgan fingerprint density at radius 2 is 1.58 bits per heavy atom. The Bertz CT molecular complexity index is 685. The fraction of sp³-hybridized carbons (Fsp3) is 0.0625. The molecule has 0 amide bonds. The van der Waals surface area contributed by atoms with Crippen molar-refractivity contribution >= 4 is 0 Å². The molecule has 2 rings (SSSR count). The Balaban J connectivity index is 2.28. The summed E-state index contributed by atoms with van der Waals surface area (Å²) in [5.74, 6) is 5.31. The van der Waals surface area contributed by atoms with Crippen LogP contribution >= 0.6 is 0 Å². The van der Waals surface area contributed by atoms with E-state index in [0.717, 1.165) is 11.1 Å². The summed E-state index contributed by atoms with van der Waals surface area (Å²) in [7, 11) is 0. The normalized spacial score (nSPS) is 9.32. The summed E-state index contributed by atoms with van der Waals surface area (Å²) < 4.78 is 13.2. The molecule has 0 unspecified atom stereocenters. The monoisotopic (exact) mass is 250 g/mol. The third-order valence-corrected chi connectivity index (χ3v) is 2.57. The molecule has 0 aromatic heterocycles. The van der Waals surface area contributed by atoms with Crippen LogP contribution in [0.3, 0.4) is 0 Å². The van der Waals surface area contributed by atoms with E-state index in [2.05, 4.69) is 11.8 Å². The fourth-order valence-electron chi connectivity index (χ4n) is 1.59. The second kappa shape index (κ2) is 5.82. The van der Waals surface area contributed by atoms with Crippen molar-refractivity contribution < 1.29 is 4.39 Å².